The van der Waals surface area contributed by atoms with Crippen LogP contribution in [0.25, 0.3) is 0 Å². The number of para-hydroxylation sites is 1. The molecule has 0 atom stereocenters. The molecule has 0 spiro atoms. The van der Waals surface area contributed by atoms with E-state index in [1.807, 2.05) is 38.1 Å². The minimum absolute atomic E-state index is 0.266. The first kappa shape index (κ1) is 20.1. The van der Waals surface area contributed by atoms with Gasteiger partial charge in [0.05, 0.1) is 17.9 Å². The minimum atomic E-state index is -0.405. The standard InChI is InChI=1S/C23H23N3O3/c1-4-29-23(28)19-7-5-6-8-20(19)25-17-9-10-24-21(14-17)22(27)26-18-12-15(2)11-16(3)13-18/h5-14H,4H2,1-3H3,(H,24,25)(H,26,27). The molecule has 0 bridgehead atoms. The van der Waals surface area contributed by atoms with E-state index >= 15 is 0 Å². The molecule has 6 heteroatoms. The van der Waals surface area contributed by atoms with E-state index in [1.165, 1.54) is 0 Å². The van der Waals surface area contributed by atoms with Gasteiger partial charge in [-0.3, -0.25) is 9.78 Å². The summed E-state index contributed by atoms with van der Waals surface area (Å²) < 4.78 is 5.10. The summed E-state index contributed by atoms with van der Waals surface area (Å²) >= 11 is 0. The Bertz CT molecular complexity index is 1030. The quantitative estimate of drug-likeness (QED) is 0.588. The van der Waals surface area contributed by atoms with Crippen molar-refractivity contribution in [2.75, 3.05) is 17.2 Å². The lowest BCUT2D eigenvalue weighted by Gasteiger charge is -2.12. The molecule has 0 saturated carbocycles. The van der Waals surface area contributed by atoms with Crippen molar-refractivity contribution in [3.8, 4) is 0 Å². The van der Waals surface area contributed by atoms with Gasteiger partial charge in [-0.2, -0.15) is 0 Å². The van der Waals surface area contributed by atoms with Gasteiger partial charge in [-0.15, -0.1) is 0 Å². The second-order valence-corrected chi connectivity index (χ2v) is 6.65. The van der Waals surface area contributed by atoms with Gasteiger partial charge in [-0.25, -0.2) is 4.79 Å². The van der Waals surface area contributed by atoms with Gasteiger partial charge in [-0.05, 0) is 68.3 Å². The molecule has 3 aromatic rings. The molecular formula is C23H23N3O3. The lowest BCUT2D eigenvalue weighted by Crippen LogP contribution is -2.14. The summed E-state index contributed by atoms with van der Waals surface area (Å²) in [6, 6.07) is 16.3. The number of aromatic nitrogens is 1. The van der Waals surface area contributed by atoms with Crippen LogP contribution < -0.4 is 10.6 Å². The number of amides is 1. The molecule has 6 nitrogen and oxygen atoms in total. The van der Waals surface area contributed by atoms with Crippen molar-refractivity contribution in [2.45, 2.75) is 20.8 Å². The van der Waals surface area contributed by atoms with Crippen molar-refractivity contribution >= 4 is 28.9 Å². The molecule has 3 rings (SSSR count). The van der Waals surface area contributed by atoms with Crippen molar-refractivity contribution < 1.29 is 14.3 Å². The van der Waals surface area contributed by atoms with Crippen LogP contribution in [0.1, 0.15) is 38.9 Å². The molecule has 0 saturated heterocycles. The summed E-state index contributed by atoms with van der Waals surface area (Å²) in [6.07, 6.45) is 1.55. The van der Waals surface area contributed by atoms with Crippen molar-refractivity contribution in [3.05, 3.63) is 83.2 Å². The number of nitrogens with one attached hydrogen (secondary N) is 2. The first-order valence-electron chi connectivity index (χ1n) is 9.35. The van der Waals surface area contributed by atoms with Gasteiger partial charge in [-0.1, -0.05) is 18.2 Å². The molecule has 0 radical (unpaired) electrons. The Balaban J connectivity index is 1.80. The zero-order chi connectivity index (χ0) is 20.8. The molecule has 0 fully saturated rings. The number of carbonyl (C=O) groups is 2. The van der Waals surface area contributed by atoms with Crippen LogP contribution in [0.15, 0.2) is 60.8 Å². The Kier molecular flexibility index (Phi) is 6.24. The number of hydrogen-bond donors (Lipinski definition) is 2. The largest absolute Gasteiger partial charge is 0.462 e. The fourth-order valence-corrected chi connectivity index (χ4v) is 3.01. The van der Waals surface area contributed by atoms with E-state index in [9.17, 15) is 9.59 Å². The summed E-state index contributed by atoms with van der Waals surface area (Å²) in [4.78, 5) is 28.9. The highest BCUT2D eigenvalue weighted by atomic mass is 16.5. The van der Waals surface area contributed by atoms with Gasteiger partial charge in [0.15, 0.2) is 0 Å². The summed E-state index contributed by atoms with van der Waals surface area (Å²) in [5.41, 5.74) is 4.79. The van der Waals surface area contributed by atoms with Crippen LogP contribution >= 0.6 is 0 Å². The lowest BCUT2D eigenvalue weighted by atomic mass is 10.1. The van der Waals surface area contributed by atoms with Crippen LogP contribution in [0.3, 0.4) is 0 Å². The number of ether oxygens (including phenoxy) is 1. The monoisotopic (exact) mass is 389 g/mol. The van der Waals surface area contributed by atoms with Crippen molar-refractivity contribution in [3.63, 3.8) is 0 Å². The van der Waals surface area contributed by atoms with E-state index < -0.39 is 5.97 Å². The van der Waals surface area contributed by atoms with Gasteiger partial charge in [0, 0.05) is 17.6 Å². The molecule has 29 heavy (non-hydrogen) atoms. The highest BCUT2D eigenvalue weighted by Gasteiger charge is 2.13. The summed E-state index contributed by atoms with van der Waals surface area (Å²) in [5.74, 6) is -0.713. The summed E-state index contributed by atoms with van der Waals surface area (Å²) in [6.45, 7) is 6.02. The molecule has 0 unspecified atom stereocenters. The molecule has 148 valence electrons. The van der Waals surface area contributed by atoms with Crippen LogP contribution in [0.2, 0.25) is 0 Å². The Labute approximate surface area is 169 Å². The molecule has 0 aliphatic heterocycles. The first-order chi connectivity index (χ1) is 14.0. The van der Waals surface area contributed by atoms with E-state index in [0.29, 0.717) is 23.5 Å². The topological polar surface area (TPSA) is 80.3 Å². The minimum Gasteiger partial charge on any atom is -0.462 e. The second kappa shape index (κ2) is 9.01. The van der Waals surface area contributed by atoms with Crippen molar-refractivity contribution in [1.82, 2.24) is 4.98 Å². The van der Waals surface area contributed by atoms with Gasteiger partial charge >= 0.3 is 5.97 Å². The van der Waals surface area contributed by atoms with E-state index in [4.69, 9.17) is 4.74 Å². The maximum Gasteiger partial charge on any atom is 0.340 e. The molecule has 0 aliphatic carbocycles. The third-order valence-corrected chi connectivity index (χ3v) is 4.17. The average Bonchev–Trinajstić information content (AvgIpc) is 2.68. The molecule has 2 N–H and O–H groups in total. The third-order valence-electron chi connectivity index (χ3n) is 4.17. The Hall–Kier alpha value is -3.67. The molecule has 0 aliphatic rings. The van der Waals surface area contributed by atoms with E-state index in [0.717, 1.165) is 16.8 Å². The molecule has 1 amide bonds. The number of rotatable bonds is 6. The number of benzene rings is 2. The Morgan fingerprint density at radius 2 is 1.69 bits per heavy atom. The third kappa shape index (κ3) is 5.19. The normalized spacial score (nSPS) is 10.3. The number of nitrogens with zero attached hydrogens (tertiary/aromatic N) is 1. The van der Waals surface area contributed by atoms with Gasteiger partial charge < -0.3 is 15.4 Å². The summed E-state index contributed by atoms with van der Waals surface area (Å²) in [7, 11) is 0. The van der Waals surface area contributed by atoms with Crippen LogP contribution in [-0.2, 0) is 4.74 Å². The highest BCUT2D eigenvalue weighted by Crippen LogP contribution is 2.22. The number of carbonyl (C=O) groups excluding carboxylic acids is 2. The molecular weight excluding hydrogens is 366 g/mol. The fraction of sp³-hybridized carbons (Fsp3) is 0.174. The number of aryl methyl sites for hydroxylation is 2. The fourth-order valence-electron chi connectivity index (χ4n) is 3.01. The smallest absolute Gasteiger partial charge is 0.340 e. The van der Waals surface area contributed by atoms with Crippen molar-refractivity contribution in [2.24, 2.45) is 0 Å². The van der Waals surface area contributed by atoms with E-state index in [-0.39, 0.29) is 11.6 Å². The molecule has 1 heterocycles. The van der Waals surface area contributed by atoms with Crippen LogP contribution in [0.5, 0.6) is 0 Å². The number of hydrogen-bond acceptors (Lipinski definition) is 5. The van der Waals surface area contributed by atoms with Crippen LogP contribution in [0.4, 0.5) is 17.1 Å². The zero-order valence-electron chi connectivity index (χ0n) is 16.7. The predicted octanol–water partition coefficient (Wildman–Crippen LogP) is 4.87. The van der Waals surface area contributed by atoms with Gasteiger partial charge in [0.25, 0.3) is 5.91 Å². The zero-order valence-corrected chi connectivity index (χ0v) is 16.7. The second-order valence-electron chi connectivity index (χ2n) is 6.65. The molecule has 2 aromatic carbocycles. The van der Waals surface area contributed by atoms with Gasteiger partial charge in [0.1, 0.15) is 5.69 Å². The Morgan fingerprint density at radius 1 is 0.966 bits per heavy atom. The maximum absolute atomic E-state index is 12.6. The highest BCUT2D eigenvalue weighted by molar-refractivity contribution is 6.03. The number of anilines is 3. The molecule has 1 aromatic heterocycles. The summed E-state index contributed by atoms with van der Waals surface area (Å²) in [5, 5.41) is 6.04. The Morgan fingerprint density at radius 3 is 2.41 bits per heavy atom. The predicted molar refractivity (Wildman–Crippen MR) is 114 cm³/mol. The van der Waals surface area contributed by atoms with Crippen LogP contribution in [0, 0.1) is 13.8 Å². The van der Waals surface area contributed by atoms with Crippen LogP contribution in [-0.4, -0.2) is 23.5 Å². The lowest BCUT2D eigenvalue weighted by molar-refractivity contribution is 0.0527. The average molecular weight is 389 g/mol. The van der Waals surface area contributed by atoms with E-state index in [2.05, 4.69) is 15.6 Å². The number of esters is 1. The SMILES string of the molecule is CCOC(=O)c1ccccc1Nc1ccnc(C(=O)Nc2cc(C)cc(C)c2)c1. The van der Waals surface area contributed by atoms with Crippen molar-refractivity contribution in [1.29, 1.82) is 0 Å². The van der Waals surface area contributed by atoms with E-state index in [1.54, 1.807) is 43.5 Å². The number of pyridine rings is 1. The first-order valence-corrected chi connectivity index (χ1v) is 9.35. The van der Waals surface area contributed by atoms with Gasteiger partial charge in [0.2, 0.25) is 0 Å². The maximum atomic E-state index is 12.6.